The monoisotopic (exact) mass is 488 g/mol. The summed E-state index contributed by atoms with van der Waals surface area (Å²) in [5.74, 6) is -0.0472. The van der Waals surface area contributed by atoms with Gasteiger partial charge in [-0.3, -0.25) is 4.79 Å². The van der Waals surface area contributed by atoms with Crippen molar-refractivity contribution in [3.05, 3.63) is 11.6 Å². The van der Waals surface area contributed by atoms with E-state index in [-0.39, 0.29) is 40.1 Å². The van der Waals surface area contributed by atoms with Crippen molar-refractivity contribution in [2.45, 2.75) is 112 Å². The Morgan fingerprint density at radius 3 is 2.23 bits per heavy atom. The average molecular weight is 489 g/mol. The SMILES string of the molecule is CC1(C)CC[C@]2(C(=O)O)CC[C@]3(C)C(=CC[C@@H]4[C@@]5(C)C[C@@H](O)[C@@H](O)[C@](C)(CO)[C@H]5CC[C@]43C)[C@H]2C1. The molecular formula is C30H48O5. The minimum absolute atomic E-state index is 0.00698. The van der Waals surface area contributed by atoms with Gasteiger partial charge < -0.3 is 20.4 Å². The third-order valence-corrected chi connectivity index (χ3v) is 13.2. The van der Waals surface area contributed by atoms with E-state index in [2.05, 4.69) is 40.7 Å². The van der Waals surface area contributed by atoms with Crippen LogP contribution in [0.25, 0.3) is 0 Å². The maximum atomic E-state index is 12.8. The van der Waals surface area contributed by atoms with Crippen LogP contribution >= 0.6 is 0 Å². The van der Waals surface area contributed by atoms with Crippen molar-refractivity contribution in [2.75, 3.05) is 6.61 Å². The van der Waals surface area contributed by atoms with Crippen molar-refractivity contribution >= 4 is 5.97 Å². The summed E-state index contributed by atoms with van der Waals surface area (Å²) in [7, 11) is 0. The molecule has 0 amide bonds. The number of carboxylic acid groups (broad SMARTS) is 1. The molecule has 4 fully saturated rings. The first-order valence-corrected chi connectivity index (χ1v) is 14.0. The Morgan fingerprint density at radius 1 is 0.943 bits per heavy atom. The van der Waals surface area contributed by atoms with Crippen molar-refractivity contribution in [3.63, 3.8) is 0 Å². The second-order valence-electron chi connectivity index (χ2n) is 15.1. The van der Waals surface area contributed by atoms with Crippen molar-refractivity contribution in [1.29, 1.82) is 0 Å². The number of rotatable bonds is 2. The van der Waals surface area contributed by atoms with Gasteiger partial charge in [0, 0.05) is 5.41 Å². The van der Waals surface area contributed by atoms with Crippen LogP contribution in [0.2, 0.25) is 0 Å². The number of carboxylic acids is 1. The molecule has 0 aromatic heterocycles. The summed E-state index contributed by atoms with van der Waals surface area (Å²) in [5, 5.41) is 42.8. The molecule has 35 heavy (non-hydrogen) atoms. The second-order valence-corrected chi connectivity index (χ2v) is 15.1. The Morgan fingerprint density at radius 2 is 1.60 bits per heavy atom. The highest BCUT2D eigenvalue weighted by Gasteiger charge is 2.70. The summed E-state index contributed by atoms with van der Waals surface area (Å²) >= 11 is 0. The van der Waals surface area contributed by atoms with Gasteiger partial charge >= 0.3 is 5.97 Å². The third kappa shape index (κ3) is 3.07. The van der Waals surface area contributed by atoms with E-state index in [0.717, 1.165) is 51.4 Å². The molecular weight excluding hydrogens is 440 g/mol. The lowest BCUT2D eigenvalue weighted by molar-refractivity contribution is -0.243. The molecule has 0 saturated heterocycles. The molecule has 0 unspecified atom stereocenters. The van der Waals surface area contributed by atoms with E-state index in [9.17, 15) is 25.2 Å². The lowest BCUT2D eigenvalue weighted by Gasteiger charge is -2.71. The Balaban J connectivity index is 1.61. The predicted molar refractivity (Wildman–Crippen MR) is 135 cm³/mol. The van der Waals surface area contributed by atoms with Gasteiger partial charge in [0.25, 0.3) is 0 Å². The van der Waals surface area contributed by atoms with Crippen LogP contribution in [-0.4, -0.2) is 45.2 Å². The summed E-state index contributed by atoms with van der Waals surface area (Å²) in [4.78, 5) is 12.8. The molecule has 0 spiro atoms. The standard InChI is InChI=1S/C30H48O5/c1-25(2)11-13-30(24(34)35)14-12-28(5)18(19(30)15-25)7-8-22-26(3)16-20(32)23(33)27(4,17-31)21(26)9-10-29(22,28)6/h7,19-23,31-33H,8-17H2,1-6H3,(H,34,35)/t19-,20-,21+,22-,23-,26+,27-,28-,29-,30+/m1/s1. The van der Waals surface area contributed by atoms with Crippen LogP contribution in [0.4, 0.5) is 0 Å². The van der Waals surface area contributed by atoms with Crippen LogP contribution in [0.15, 0.2) is 11.6 Å². The first-order chi connectivity index (χ1) is 16.1. The summed E-state index contributed by atoms with van der Waals surface area (Å²) in [6, 6.07) is 0. The fourth-order valence-corrected chi connectivity index (χ4v) is 10.8. The fourth-order valence-electron chi connectivity index (χ4n) is 10.8. The number of fused-ring (bicyclic) bond motifs is 7. The Bertz CT molecular complexity index is 941. The molecule has 5 rings (SSSR count). The summed E-state index contributed by atoms with van der Waals surface area (Å²) in [6.45, 7) is 13.6. The number of aliphatic hydroxyl groups is 3. The van der Waals surface area contributed by atoms with Gasteiger partial charge in [-0.1, -0.05) is 53.2 Å². The maximum Gasteiger partial charge on any atom is 0.310 e. The van der Waals surface area contributed by atoms with Gasteiger partial charge in [0.2, 0.25) is 0 Å². The zero-order valence-electron chi connectivity index (χ0n) is 22.7. The number of allylic oxidation sites excluding steroid dienone is 2. The quantitative estimate of drug-likeness (QED) is 0.402. The topological polar surface area (TPSA) is 98.0 Å². The van der Waals surface area contributed by atoms with Gasteiger partial charge in [-0.05, 0) is 97.2 Å². The molecule has 5 heteroatoms. The molecule has 0 aliphatic heterocycles. The van der Waals surface area contributed by atoms with Gasteiger partial charge in [0.05, 0.1) is 24.2 Å². The van der Waals surface area contributed by atoms with Crippen molar-refractivity contribution < 1.29 is 25.2 Å². The predicted octanol–water partition coefficient (Wildman–Crippen LogP) is 5.18. The molecule has 5 nitrogen and oxygen atoms in total. The van der Waals surface area contributed by atoms with E-state index >= 15 is 0 Å². The second kappa shape index (κ2) is 7.57. The van der Waals surface area contributed by atoms with Gasteiger partial charge in [-0.15, -0.1) is 0 Å². The van der Waals surface area contributed by atoms with E-state index in [0.29, 0.717) is 12.3 Å². The Hall–Kier alpha value is -0.910. The minimum Gasteiger partial charge on any atom is -0.481 e. The van der Waals surface area contributed by atoms with E-state index in [1.807, 2.05) is 6.92 Å². The fraction of sp³-hybridized carbons (Fsp3) is 0.900. The van der Waals surface area contributed by atoms with E-state index in [1.54, 1.807) is 0 Å². The summed E-state index contributed by atoms with van der Waals surface area (Å²) < 4.78 is 0. The number of aliphatic hydroxyl groups excluding tert-OH is 3. The molecule has 0 bridgehead atoms. The van der Waals surface area contributed by atoms with Crippen molar-refractivity contribution in [2.24, 2.45) is 50.2 Å². The van der Waals surface area contributed by atoms with Gasteiger partial charge in [-0.25, -0.2) is 0 Å². The van der Waals surface area contributed by atoms with Gasteiger partial charge in [0.1, 0.15) is 0 Å². The molecule has 5 aliphatic rings. The third-order valence-electron chi connectivity index (χ3n) is 13.2. The highest BCUT2D eigenvalue weighted by Crippen LogP contribution is 2.75. The summed E-state index contributed by atoms with van der Waals surface area (Å²) in [5.41, 5.74) is -0.0632. The molecule has 10 atom stereocenters. The zero-order valence-corrected chi connectivity index (χ0v) is 22.7. The van der Waals surface area contributed by atoms with Crippen LogP contribution in [0.5, 0.6) is 0 Å². The lowest BCUT2D eigenvalue weighted by Crippen LogP contribution is -2.68. The average Bonchev–Trinajstić information content (AvgIpc) is 2.77. The van der Waals surface area contributed by atoms with Crippen LogP contribution in [0.1, 0.15) is 99.3 Å². The zero-order chi connectivity index (χ0) is 25.8. The number of aliphatic carboxylic acids is 1. The van der Waals surface area contributed by atoms with Crippen LogP contribution < -0.4 is 0 Å². The maximum absolute atomic E-state index is 12.8. The number of hydrogen-bond donors (Lipinski definition) is 4. The van der Waals surface area contributed by atoms with Gasteiger partial charge in [-0.2, -0.15) is 0 Å². The smallest absolute Gasteiger partial charge is 0.310 e. The molecule has 5 aliphatic carbocycles. The van der Waals surface area contributed by atoms with Crippen LogP contribution in [0.3, 0.4) is 0 Å². The normalized spacial score (nSPS) is 55.0. The highest BCUT2D eigenvalue weighted by molar-refractivity contribution is 5.76. The molecule has 4 saturated carbocycles. The molecule has 198 valence electrons. The van der Waals surface area contributed by atoms with Gasteiger partial charge in [0.15, 0.2) is 0 Å². The molecule has 0 aromatic carbocycles. The Kier molecular flexibility index (Phi) is 5.56. The molecule has 0 heterocycles. The van der Waals surface area contributed by atoms with E-state index in [1.165, 1.54) is 5.57 Å². The van der Waals surface area contributed by atoms with Crippen LogP contribution in [0, 0.1) is 50.2 Å². The first-order valence-electron chi connectivity index (χ1n) is 14.0. The van der Waals surface area contributed by atoms with E-state index in [4.69, 9.17) is 0 Å². The Labute approximate surface area is 211 Å². The summed E-state index contributed by atoms with van der Waals surface area (Å²) in [6.07, 6.45) is 8.40. The molecule has 4 N–H and O–H groups in total. The van der Waals surface area contributed by atoms with Crippen molar-refractivity contribution in [3.8, 4) is 0 Å². The lowest BCUT2D eigenvalue weighted by atomic mass is 9.33. The minimum atomic E-state index is -0.907. The first kappa shape index (κ1) is 25.7. The molecule has 0 aromatic rings. The van der Waals surface area contributed by atoms with E-state index < -0.39 is 29.0 Å². The highest BCUT2D eigenvalue weighted by atomic mass is 16.4. The largest absolute Gasteiger partial charge is 0.481 e. The number of hydrogen-bond acceptors (Lipinski definition) is 4. The van der Waals surface area contributed by atoms with Crippen molar-refractivity contribution in [1.82, 2.24) is 0 Å². The van der Waals surface area contributed by atoms with Crippen LogP contribution in [-0.2, 0) is 4.79 Å². The molecule has 0 radical (unpaired) electrons. The number of carbonyl (C=O) groups is 1.